The zero-order valence-corrected chi connectivity index (χ0v) is 15.3. The van der Waals surface area contributed by atoms with Gasteiger partial charge in [0, 0.05) is 26.2 Å². The van der Waals surface area contributed by atoms with E-state index in [0.29, 0.717) is 0 Å². The molecule has 2 aromatic rings. The summed E-state index contributed by atoms with van der Waals surface area (Å²) < 4.78 is 0. The second kappa shape index (κ2) is 8.39. The van der Waals surface area contributed by atoms with Crippen LogP contribution in [-0.4, -0.2) is 42.8 Å². The molecule has 0 aliphatic heterocycles. The van der Waals surface area contributed by atoms with Crippen molar-refractivity contribution >= 4 is 17.1 Å². The SMILES string of the molecule is CC(=O)c1cc(CN(CCN(C)C)Cc2ccccc2C)cs1. The molecule has 1 aromatic carbocycles. The Hall–Kier alpha value is -1.49. The standard InChI is InChI=1S/C19H26N2OS/c1-15-7-5-6-8-18(15)13-21(10-9-20(3)4)12-17-11-19(16(2)22)23-14-17/h5-8,11,14H,9-10,12-13H2,1-4H3. The number of Topliss-reactive ketones (excluding diaryl/α,β-unsaturated/α-hetero) is 1. The molecule has 0 atom stereocenters. The van der Waals surface area contributed by atoms with E-state index in [-0.39, 0.29) is 5.78 Å². The highest BCUT2D eigenvalue weighted by Gasteiger charge is 2.11. The molecule has 4 heteroatoms. The molecule has 23 heavy (non-hydrogen) atoms. The third-order valence-corrected chi connectivity index (χ3v) is 5.01. The van der Waals surface area contributed by atoms with Gasteiger partial charge in [0.05, 0.1) is 4.88 Å². The topological polar surface area (TPSA) is 23.6 Å². The van der Waals surface area contributed by atoms with Crippen LogP contribution in [-0.2, 0) is 13.1 Å². The highest BCUT2D eigenvalue weighted by Crippen LogP contribution is 2.19. The van der Waals surface area contributed by atoms with Gasteiger partial charge >= 0.3 is 0 Å². The van der Waals surface area contributed by atoms with Gasteiger partial charge in [0.1, 0.15) is 0 Å². The third kappa shape index (κ3) is 5.57. The summed E-state index contributed by atoms with van der Waals surface area (Å²) in [4.78, 5) is 17.0. The van der Waals surface area contributed by atoms with Crippen LogP contribution in [0.15, 0.2) is 35.7 Å². The molecule has 0 N–H and O–H groups in total. The Morgan fingerprint density at radius 2 is 1.87 bits per heavy atom. The molecule has 0 fully saturated rings. The summed E-state index contributed by atoms with van der Waals surface area (Å²) in [6, 6.07) is 10.6. The number of nitrogens with zero attached hydrogens (tertiary/aromatic N) is 2. The number of benzene rings is 1. The third-order valence-electron chi connectivity index (χ3n) is 3.93. The highest BCUT2D eigenvalue weighted by atomic mass is 32.1. The quantitative estimate of drug-likeness (QED) is 0.687. The lowest BCUT2D eigenvalue weighted by Crippen LogP contribution is -2.31. The monoisotopic (exact) mass is 330 g/mol. The van der Waals surface area contributed by atoms with Gasteiger partial charge in [-0.25, -0.2) is 0 Å². The van der Waals surface area contributed by atoms with Crippen molar-refractivity contribution in [2.45, 2.75) is 26.9 Å². The molecule has 0 spiro atoms. The normalized spacial score (nSPS) is 11.4. The Morgan fingerprint density at radius 3 is 2.48 bits per heavy atom. The fourth-order valence-corrected chi connectivity index (χ4v) is 3.29. The van der Waals surface area contributed by atoms with E-state index in [1.54, 1.807) is 18.3 Å². The molecule has 1 aromatic heterocycles. The minimum Gasteiger partial charge on any atom is -0.308 e. The van der Waals surface area contributed by atoms with E-state index in [1.165, 1.54) is 16.7 Å². The average Bonchev–Trinajstić information content (AvgIpc) is 2.96. The largest absolute Gasteiger partial charge is 0.308 e. The van der Waals surface area contributed by atoms with Gasteiger partial charge in [-0.15, -0.1) is 11.3 Å². The van der Waals surface area contributed by atoms with Crippen LogP contribution < -0.4 is 0 Å². The first kappa shape index (κ1) is 17.9. The van der Waals surface area contributed by atoms with E-state index in [1.807, 2.05) is 6.07 Å². The summed E-state index contributed by atoms with van der Waals surface area (Å²) in [7, 11) is 4.20. The number of likely N-dealkylation sites (N-methyl/N-ethyl adjacent to an activating group) is 1. The van der Waals surface area contributed by atoms with E-state index in [9.17, 15) is 4.79 Å². The number of thiophene rings is 1. The second-order valence-corrected chi connectivity index (χ2v) is 7.23. The summed E-state index contributed by atoms with van der Waals surface area (Å²) in [6.07, 6.45) is 0. The molecule has 0 amide bonds. The molecule has 124 valence electrons. The van der Waals surface area contributed by atoms with Crippen molar-refractivity contribution in [3.05, 3.63) is 57.3 Å². The van der Waals surface area contributed by atoms with Gasteiger partial charge in [0.15, 0.2) is 5.78 Å². The lowest BCUT2D eigenvalue weighted by Gasteiger charge is -2.24. The molecule has 2 rings (SSSR count). The summed E-state index contributed by atoms with van der Waals surface area (Å²) in [5.41, 5.74) is 3.93. The van der Waals surface area contributed by atoms with Crippen LogP contribution in [0, 0.1) is 6.92 Å². The smallest absolute Gasteiger partial charge is 0.169 e. The first-order valence-electron chi connectivity index (χ1n) is 7.95. The van der Waals surface area contributed by atoms with Gasteiger partial charge in [0.2, 0.25) is 0 Å². The lowest BCUT2D eigenvalue weighted by molar-refractivity contribution is 0.102. The van der Waals surface area contributed by atoms with Crippen molar-refractivity contribution in [2.24, 2.45) is 0 Å². The molecule has 3 nitrogen and oxygen atoms in total. The van der Waals surface area contributed by atoms with Crippen LogP contribution >= 0.6 is 11.3 Å². The Morgan fingerprint density at radius 1 is 1.13 bits per heavy atom. The van der Waals surface area contributed by atoms with E-state index in [0.717, 1.165) is 31.1 Å². The highest BCUT2D eigenvalue weighted by molar-refractivity contribution is 7.12. The molecule has 0 saturated carbocycles. The van der Waals surface area contributed by atoms with Crippen LogP contribution in [0.4, 0.5) is 0 Å². The molecule has 1 heterocycles. The predicted molar refractivity (Wildman–Crippen MR) is 98.2 cm³/mol. The van der Waals surface area contributed by atoms with Crippen molar-refractivity contribution in [1.82, 2.24) is 9.80 Å². The maximum Gasteiger partial charge on any atom is 0.169 e. The second-order valence-electron chi connectivity index (χ2n) is 6.32. The van der Waals surface area contributed by atoms with E-state index >= 15 is 0 Å². The predicted octanol–water partition coefficient (Wildman–Crippen LogP) is 3.82. The van der Waals surface area contributed by atoms with E-state index < -0.39 is 0 Å². The molecule has 0 unspecified atom stereocenters. The van der Waals surface area contributed by atoms with Gasteiger partial charge in [-0.05, 0) is 56.1 Å². The van der Waals surface area contributed by atoms with Crippen LogP contribution in [0.5, 0.6) is 0 Å². The van der Waals surface area contributed by atoms with Gasteiger partial charge in [0.25, 0.3) is 0 Å². The van der Waals surface area contributed by atoms with Crippen molar-refractivity contribution in [2.75, 3.05) is 27.2 Å². The van der Waals surface area contributed by atoms with Gasteiger partial charge in [-0.3, -0.25) is 9.69 Å². The van der Waals surface area contributed by atoms with Crippen LogP contribution in [0.2, 0.25) is 0 Å². The Labute approximate surface area is 143 Å². The van der Waals surface area contributed by atoms with Crippen molar-refractivity contribution in [3.8, 4) is 0 Å². The van der Waals surface area contributed by atoms with Crippen molar-refractivity contribution in [1.29, 1.82) is 0 Å². The molecule has 0 aliphatic carbocycles. The molecule has 0 bridgehead atoms. The van der Waals surface area contributed by atoms with Gasteiger partial charge < -0.3 is 4.90 Å². The number of hydrogen-bond acceptors (Lipinski definition) is 4. The van der Waals surface area contributed by atoms with Crippen LogP contribution in [0.25, 0.3) is 0 Å². The fraction of sp³-hybridized carbons (Fsp3) is 0.421. The number of aryl methyl sites for hydroxylation is 1. The number of ketones is 1. The summed E-state index contributed by atoms with van der Waals surface area (Å²) in [5, 5.41) is 2.11. The summed E-state index contributed by atoms with van der Waals surface area (Å²) >= 11 is 1.55. The first-order valence-corrected chi connectivity index (χ1v) is 8.83. The lowest BCUT2D eigenvalue weighted by atomic mass is 10.1. The van der Waals surface area contributed by atoms with Gasteiger partial charge in [-0.2, -0.15) is 0 Å². The van der Waals surface area contributed by atoms with Gasteiger partial charge in [-0.1, -0.05) is 24.3 Å². The minimum absolute atomic E-state index is 0.153. The zero-order valence-electron chi connectivity index (χ0n) is 14.5. The average molecular weight is 330 g/mol. The molecule has 0 aliphatic rings. The molecular weight excluding hydrogens is 304 g/mol. The summed E-state index contributed by atoms with van der Waals surface area (Å²) in [5.74, 6) is 0.153. The van der Waals surface area contributed by atoms with Crippen LogP contribution in [0.1, 0.15) is 33.3 Å². The number of rotatable bonds is 8. The number of carbonyl (C=O) groups is 1. The van der Waals surface area contributed by atoms with Crippen molar-refractivity contribution < 1.29 is 4.79 Å². The van der Waals surface area contributed by atoms with Crippen LogP contribution in [0.3, 0.4) is 0 Å². The maximum absolute atomic E-state index is 11.5. The zero-order chi connectivity index (χ0) is 16.8. The molecule has 0 saturated heterocycles. The van der Waals surface area contributed by atoms with E-state index in [4.69, 9.17) is 0 Å². The Kier molecular flexibility index (Phi) is 6.51. The number of hydrogen-bond donors (Lipinski definition) is 0. The first-order chi connectivity index (χ1) is 11.0. The molecular formula is C19H26N2OS. The minimum atomic E-state index is 0.153. The Balaban J connectivity index is 2.09. The van der Waals surface area contributed by atoms with E-state index in [2.05, 4.69) is 60.5 Å². The maximum atomic E-state index is 11.5. The fourth-order valence-electron chi connectivity index (χ4n) is 2.49. The number of carbonyl (C=O) groups excluding carboxylic acids is 1. The van der Waals surface area contributed by atoms with Crippen molar-refractivity contribution in [3.63, 3.8) is 0 Å². The summed E-state index contributed by atoms with van der Waals surface area (Å²) in [6.45, 7) is 7.64. The molecule has 0 radical (unpaired) electrons. The Bertz CT molecular complexity index is 648.